The summed E-state index contributed by atoms with van der Waals surface area (Å²) in [5.41, 5.74) is 1.19. The molecule has 2 aromatic carbocycles. The van der Waals surface area contributed by atoms with Gasteiger partial charge in [-0.1, -0.05) is 34.8 Å². The Labute approximate surface area is 145 Å². The molecule has 0 saturated carbocycles. The molecule has 2 nitrogen and oxygen atoms in total. The lowest BCUT2D eigenvalue weighted by atomic mass is 10.0. The van der Waals surface area contributed by atoms with E-state index in [0.29, 0.717) is 31.9 Å². The Morgan fingerprint density at radius 1 is 1.05 bits per heavy atom. The van der Waals surface area contributed by atoms with Crippen LogP contribution in [0.1, 0.15) is 17.2 Å². The molecule has 2 rings (SSSR count). The third-order valence-corrected chi connectivity index (χ3v) is 4.66. The van der Waals surface area contributed by atoms with Crippen molar-refractivity contribution in [2.24, 2.45) is 0 Å². The topological polar surface area (TPSA) is 29.5 Å². The first kappa shape index (κ1) is 16.2. The van der Waals surface area contributed by atoms with Crippen LogP contribution in [0, 0.1) is 3.57 Å². The summed E-state index contributed by atoms with van der Waals surface area (Å²) >= 11 is 20.4. The standard InChI is InChI=1S/C14H10Cl3IO2/c1-20-13-6-10(16)8(5-11(13)17)14(19)9-4-7(15)2-3-12(9)18/h2-6,14,19H,1H3. The van der Waals surface area contributed by atoms with Crippen LogP contribution in [-0.4, -0.2) is 12.2 Å². The van der Waals surface area contributed by atoms with Gasteiger partial charge in [0.15, 0.2) is 0 Å². The SMILES string of the molecule is COc1cc(Cl)c(C(O)c2cc(Cl)ccc2I)cc1Cl. The molecule has 0 aromatic heterocycles. The van der Waals surface area contributed by atoms with Crippen molar-refractivity contribution in [2.45, 2.75) is 6.10 Å². The number of rotatable bonds is 3. The van der Waals surface area contributed by atoms with E-state index in [2.05, 4.69) is 22.6 Å². The Morgan fingerprint density at radius 2 is 1.75 bits per heavy atom. The van der Waals surface area contributed by atoms with Crippen LogP contribution in [0.5, 0.6) is 5.75 Å². The summed E-state index contributed by atoms with van der Waals surface area (Å²) in [6, 6.07) is 8.50. The minimum Gasteiger partial charge on any atom is -0.495 e. The minimum absolute atomic E-state index is 0.384. The average Bonchev–Trinajstić information content (AvgIpc) is 2.42. The van der Waals surface area contributed by atoms with E-state index in [4.69, 9.17) is 39.5 Å². The second-order valence-corrected chi connectivity index (χ2v) is 6.49. The molecule has 0 heterocycles. The van der Waals surface area contributed by atoms with Gasteiger partial charge in [-0.05, 0) is 52.4 Å². The van der Waals surface area contributed by atoms with E-state index >= 15 is 0 Å². The Hall–Kier alpha value is -0.200. The molecule has 1 atom stereocenters. The van der Waals surface area contributed by atoms with Gasteiger partial charge in [0.05, 0.1) is 17.2 Å². The lowest BCUT2D eigenvalue weighted by Crippen LogP contribution is -2.03. The van der Waals surface area contributed by atoms with Gasteiger partial charge in [-0.25, -0.2) is 0 Å². The van der Waals surface area contributed by atoms with Gasteiger partial charge in [-0.15, -0.1) is 0 Å². The summed E-state index contributed by atoms with van der Waals surface area (Å²) in [6.07, 6.45) is -0.906. The van der Waals surface area contributed by atoms with E-state index in [0.717, 1.165) is 3.57 Å². The summed E-state index contributed by atoms with van der Waals surface area (Å²) in [7, 11) is 1.51. The number of halogens is 4. The Morgan fingerprint density at radius 3 is 2.40 bits per heavy atom. The van der Waals surface area contributed by atoms with Crippen LogP contribution in [-0.2, 0) is 0 Å². The van der Waals surface area contributed by atoms with Crippen LogP contribution >= 0.6 is 57.4 Å². The fraction of sp³-hybridized carbons (Fsp3) is 0.143. The first-order chi connectivity index (χ1) is 9.43. The summed E-state index contributed by atoms with van der Waals surface area (Å²) in [4.78, 5) is 0. The van der Waals surface area contributed by atoms with Gasteiger partial charge in [-0.3, -0.25) is 0 Å². The average molecular weight is 443 g/mol. The highest BCUT2D eigenvalue weighted by Crippen LogP contribution is 2.37. The molecule has 1 unspecified atom stereocenters. The van der Waals surface area contributed by atoms with Crippen molar-refractivity contribution in [1.82, 2.24) is 0 Å². The molecular formula is C14H10Cl3IO2. The maximum atomic E-state index is 10.5. The first-order valence-corrected chi connectivity index (χ1v) is 7.81. The maximum Gasteiger partial charge on any atom is 0.138 e. The molecule has 106 valence electrons. The number of methoxy groups -OCH3 is 1. The molecule has 0 bridgehead atoms. The lowest BCUT2D eigenvalue weighted by molar-refractivity contribution is 0.219. The van der Waals surface area contributed by atoms with Gasteiger partial charge in [0.1, 0.15) is 11.9 Å². The molecule has 0 aliphatic heterocycles. The summed E-state index contributed by atoms with van der Waals surface area (Å²) < 4.78 is 5.98. The molecule has 1 N–H and O–H groups in total. The van der Waals surface area contributed by atoms with Crippen molar-refractivity contribution >= 4 is 57.4 Å². The number of hydrogen-bond donors (Lipinski definition) is 1. The number of ether oxygens (including phenoxy) is 1. The highest BCUT2D eigenvalue weighted by Gasteiger charge is 2.19. The van der Waals surface area contributed by atoms with Gasteiger partial charge in [0, 0.05) is 20.2 Å². The minimum atomic E-state index is -0.906. The Balaban J connectivity index is 2.50. The molecule has 6 heteroatoms. The lowest BCUT2D eigenvalue weighted by Gasteiger charge is -2.16. The molecule has 0 fully saturated rings. The van der Waals surface area contributed by atoms with Crippen molar-refractivity contribution in [3.05, 3.63) is 60.1 Å². The predicted molar refractivity (Wildman–Crippen MR) is 91.2 cm³/mol. The largest absolute Gasteiger partial charge is 0.495 e. The normalized spacial score (nSPS) is 12.3. The zero-order valence-corrected chi connectivity index (χ0v) is 14.8. The van der Waals surface area contributed by atoms with E-state index in [-0.39, 0.29) is 0 Å². The van der Waals surface area contributed by atoms with E-state index < -0.39 is 6.10 Å². The molecule has 0 aliphatic carbocycles. The third-order valence-electron chi connectivity index (χ3n) is 2.82. The molecule has 0 saturated heterocycles. The van der Waals surface area contributed by atoms with Gasteiger partial charge in [0.25, 0.3) is 0 Å². The monoisotopic (exact) mass is 442 g/mol. The van der Waals surface area contributed by atoms with Crippen LogP contribution < -0.4 is 4.74 Å². The van der Waals surface area contributed by atoms with Gasteiger partial charge < -0.3 is 9.84 Å². The van der Waals surface area contributed by atoms with Crippen LogP contribution in [0.2, 0.25) is 15.1 Å². The van der Waals surface area contributed by atoms with Gasteiger partial charge in [0.2, 0.25) is 0 Å². The molecule has 20 heavy (non-hydrogen) atoms. The van der Waals surface area contributed by atoms with Crippen LogP contribution in [0.15, 0.2) is 30.3 Å². The molecule has 0 aliphatic rings. The quantitative estimate of drug-likeness (QED) is 0.649. The van der Waals surface area contributed by atoms with Crippen molar-refractivity contribution in [3.63, 3.8) is 0 Å². The van der Waals surface area contributed by atoms with E-state index in [9.17, 15) is 5.11 Å². The van der Waals surface area contributed by atoms with Crippen molar-refractivity contribution in [3.8, 4) is 5.75 Å². The smallest absolute Gasteiger partial charge is 0.138 e. The van der Waals surface area contributed by atoms with Crippen molar-refractivity contribution in [1.29, 1.82) is 0 Å². The van der Waals surface area contributed by atoms with Crippen LogP contribution in [0.25, 0.3) is 0 Å². The highest BCUT2D eigenvalue weighted by atomic mass is 127. The van der Waals surface area contributed by atoms with E-state index in [1.54, 1.807) is 24.3 Å². The van der Waals surface area contributed by atoms with Crippen molar-refractivity contribution in [2.75, 3.05) is 7.11 Å². The second kappa shape index (κ2) is 6.71. The van der Waals surface area contributed by atoms with E-state index in [1.807, 2.05) is 6.07 Å². The molecule has 0 spiro atoms. The molecular weight excluding hydrogens is 433 g/mol. The highest BCUT2D eigenvalue weighted by molar-refractivity contribution is 14.1. The zero-order valence-electron chi connectivity index (χ0n) is 10.3. The summed E-state index contributed by atoms with van der Waals surface area (Å²) in [6.45, 7) is 0. The molecule has 0 radical (unpaired) electrons. The third kappa shape index (κ3) is 3.34. The van der Waals surface area contributed by atoms with Crippen molar-refractivity contribution < 1.29 is 9.84 Å². The number of benzene rings is 2. The molecule has 2 aromatic rings. The maximum absolute atomic E-state index is 10.5. The summed E-state index contributed by atoms with van der Waals surface area (Å²) in [5, 5.41) is 11.8. The molecule has 0 amide bonds. The van der Waals surface area contributed by atoms with Gasteiger partial charge >= 0.3 is 0 Å². The van der Waals surface area contributed by atoms with Gasteiger partial charge in [-0.2, -0.15) is 0 Å². The first-order valence-electron chi connectivity index (χ1n) is 5.60. The second-order valence-electron chi connectivity index (χ2n) is 4.08. The predicted octanol–water partition coefficient (Wildman–Crippen LogP) is 5.34. The Kier molecular flexibility index (Phi) is 5.42. The number of hydrogen-bond acceptors (Lipinski definition) is 2. The fourth-order valence-corrected chi connectivity index (χ4v) is 3.12. The van der Waals surface area contributed by atoms with Crippen LogP contribution in [0.3, 0.4) is 0 Å². The zero-order chi connectivity index (χ0) is 14.9. The number of aliphatic hydroxyl groups is 1. The van der Waals surface area contributed by atoms with Crippen LogP contribution in [0.4, 0.5) is 0 Å². The number of aliphatic hydroxyl groups excluding tert-OH is 1. The van der Waals surface area contributed by atoms with E-state index in [1.165, 1.54) is 7.11 Å². The fourth-order valence-electron chi connectivity index (χ4n) is 1.80. The summed E-state index contributed by atoms with van der Waals surface area (Å²) in [5.74, 6) is 0.466. The Bertz CT molecular complexity index is 647.